The van der Waals surface area contributed by atoms with Gasteiger partial charge in [-0.15, -0.1) is 5.10 Å². The van der Waals surface area contributed by atoms with Gasteiger partial charge in [0, 0.05) is 15.7 Å². The minimum atomic E-state index is 0.509. The molecule has 21 heavy (non-hydrogen) atoms. The average Bonchev–Trinajstić information content (AvgIpc) is 2.87. The summed E-state index contributed by atoms with van der Waals surface area (Å²) in [6.45, 7) is 2.02. The Labute approximate surface area is 134 Å². The molecule has 3 rings (SSSR count). The van der Waals surface area contributed by atoms with Crippen LogP contribution in [0.3, 0.4) is 0 Å². The smallest absolute Gasteiger partial charge is 0.188 e. The van der Waals surface area contributed by atoms with Crippen LogP contribution in [-0.4, -0.2) is 20.2 Å². The number of hydrogen-bond donors (Lipinski definition) is 1. The number of benzene rings is 2. The van der Waals surface area contributed by atoms with Gasteiger partial charge in [-0.2, -0.15) is 4.68 Å². The quantitative estimate of drug-likeness (QED) is 0.705. The van der Waals surface area contributed by atoms with Gasteiger partial charge in [-0.3, -0.25) is 0 Å². The molecule has 0 amide bonds. The summed E-state index contributed by atoms with van der Waals surface area (Å²) in [4.78, 5) is 0. The van der Waals surface area contributed by atoms with Crippen molar-refractivity contribution in [2.24, 2.45) is 0 Å². The normalized spacial score (nSPS) is 10.8. The molecular formula is C14H11BrClN5. The molecule has 7 heteroatoms. The Morgan fingerprint density at radius 3 is 2.71 bits per heavy atom. The number of halogens is 2. The van der Waals surface area contributed by atoms with Gasteiger partial charge in [0.15, 0.2) is 5.82 Å². The maximum absolute atomic E-state index is 6.24. The second-order valence-electron chi connectivity index (χ2n) is 4.61. The number of anilines is 1. The molecule has 5 nitrogen and oxygen atoms in total. The third-order valence-electron chi connectivity index (χ3n) is 3.03. The molecule has 3 aromatic rings. The second-order valence-corrected chi connectivity index (χ2v) is 5.87. The zero-order chi connectivity index (χ0) is 15.0. The molecule has 2 N–H and O–H groups in total. The molecule has 1 heterocycles. The minimum absolute atomic E-state index is 0.509. The maximum atomic E-state index is 6.24. The molecule has 2 aromatic carbocycles. The number of aromatic nitrogens is 4. The first kappa shape index (κ1) is 14.0. The van der Waals surface area contributed by atoms with Crippen molar-refractivity contribution in [2.75, 3.05) is 5.73 Å². The van der Waals surface area contributed by atoms with E-state index in [2.05, 4.69) is 31.5 Å². The molecule has 0 spiro atoms. The first-order valence-corrected chi connectivity index (χ1v) is 7.33. The summed E-state index contributed by atoms with van der Waals surface area (Å²) in [7, 11) is 0. The van der Waals surface area contributed by atoms with E-state index in [0.29, 0.717) is 16.5 Å². The van der Waals surface area contributed by atoms with Crippen molar-refractivity contribution in [1.82, 2.24) is 20.2 Å². The van der Waals surface area contributed by atoms with Gasteiger partial charge >= 0.3 is 0 Å². The van der Waals surface area contributed by atoms with Crippen LogP contribution in [0.4, 0.5) is 5.69 Å². The Bertz CT molecular complexity index is 749. The van der Waals surface area contributed by atoms with Gasteiger partial charge < -0.3 is 5.73 Å². The fourth-order valence-electron chi connectivity index (χ4n) is 2.01. The van der Waals surface area contributed by atoms with E-state index in [4.69, 9.17) is 17.3 Å². The molecule has 0 fully saturated rings. The van der Waals surface area contributed by atoms with Crippen molar-refractivity contribution in [1.29, 1.82) is 0 Å². The number of nitrogen functional groups attached to an aromatic ring is 1. The van der Waals surface area contributed by atoms with E-state index >= 15 is 0 Å². The lowest BCUT2D eigenvalue weighted by Gasteiger charge is -2.09. The van der Waals surface area contributed by atoms with E-state index in [1.54, 1.807) is 16.8 Å². The highest BCUT2D eigenvalue weighted by Gasteiger charge is 2.15. The highest BCUT2D eigenvalue weighted by molar-refractivity contribution is 9.10. The molecule has 0 aliphatic heterocycles. The zero-order valence-electron chi connectivity index (χ0n) is 11.1. The first-order chi connectivity index (χ1) is 10.1. The zero-order valence-corrected chi connectivity index (χ0v) is 13.4. The van der Waals surface area contributed by atoms with Crippen LogP contribution < -0.4 is 5.73 Å². The lowest BCUT2D eigenvalue weighted by atomic mass is 10.2. The summed E-state index contributed by atoms with van der Waals surface area (Å²) in [5.41, 5.74) is 9.03. The summed E-state index contributed by atoms with van der Waals surface area (Å²) < 4.78 is 2.55. The highest BCUT2D eigenvalue weighted by atomic mass is 79.9. The van der Waals surface area contributed by atoms with Crippen molar-refractivity contribution in [3.05, 3.63) is 51.5 Å². The van der Waals surface area contributed by atoms with Crippen molar-refractivity contribution < 1.29 is 0 Å². The van der Waals surface area contributed by atoms with E-state index in [-0.39, 0.29) is 0 Å². The van der Waals surface area contributed by atoms with Crippen LogP contribution in [0.25, 0.3) is 17.1 Å². The molecular weight excluding hydrogens is 354 g/mol. The molecule has 0 aliphatic carbocycles. The molecule has 0 aliphatic rings. The number of hydrogen-bond acceptors (Lipinski definition) is 4. The van der Waals surface area contributed by atoms with E-state index in [9.17, 15) is 0 Å². The molecule has 0 saturated heterocycles. The molecule has 0 atom stereocenters. The summed E-state index contributed by atoms with van der Waals surface area (Å²) in [5.74, 6) is 0.560. The topological polar surface area (TPSA) is 69.6 Å². The molecule has 1 aromatic heterocycles. The predicted molar refractivity (Wildman–Crippen MR) is 86.4 cm³/mol. The van der Waals surface area contributed by atoms with Crippen molar-refractivity contribution in [3.8, 4) is 17.1 Å². The Morgan fingerprint density at radius 1 is 1.19 bits per heavy atom. The van der Waals surface area contributed by atoms with Crippen LogP contribution in [0.2, 0.25) is 5.02 Å². The van der Waals surface area contributed by atoms with E-state index in [1.807, 2.05) is 31.2 Å². The number of nitrogens with two attached hydrogens (primary N) is 1. The van der Waals surface area contributed by atoms with Crippen LogP contribution in [0.15, 0.2) is 40.9 Å². The Morgan fingerprint density at radius 2 is 2.00 bits per heavy atom. The number of rotatable bonds is 2. The van der Waals surface area contributed by atoms with Gasteiger partial charge in [-0.25, -0.2) is 0 Å². The fraction of sp³-hybridized carbons (Fsp3) is 0.0714. The number of aryl methyl sites for hydroxylation is 1. The van der Waals surface area contributed by atoms with Gasteiger partial charge in [-0.05, 0) is 69.2 Å². The van der Waals surface area contributed by atoms with Crippen molar-refractivity contribution in [3.63, 3.8) is 0 Å². The molecule has 0 saturated carbocycles. The van der Waals surface area contributed by atoms with Crippen LogP contribution in [0.1, 0.15) is 5.56 Å². The predicted octanol–water partition coefficient (Wildman–Crippen LogP) is 3.64. The molecule has 0 unspecified atom stereocenters. The van der Waals surface area contributed by atoms with Gasteiger partial charge in [0.05, 0.1) is 10.7 Å². The van der Waals surface area contributed by atoms with Gasteiger partial charge in [0.1, 0.15) is 0 Å². The largest absolute Gasteiger partial charge is 0.399 e. The first-order valence-electron chi connectivity index (χ1n) is 6.16. The lowest BCUT2D eigenvalue weighted by Crippen LogP contribution is -2.01. The number of tetrazole rings is 1. The summed E-state index contributed by atoms with van der Waals surface area (Å²) in [5, 5.41) is 12.4. The fourth-order valence-corrected chi connectivity index (χ4v) is 2.95. The van der Waals surface area contributed by atoms with Crippen LogP contribution >= 0.6 is 27.5 Å². The van der Waals surface area contributed by atoms with Crippen molar-refractivity contribution >= 4 is 33.2 Å². The molecule has 106 valence electrons. The van der Waals surface area contributed by atoms with E-state index < -0.39 is 0 Å². The lowest BCUT2D eigenvalue weighted by molar-refractivity contribution is 0.788. The van der Waals surface area contributed by atoms with Gasteiger partial charge in [0.2, 0.25) is 0 Å². The third kappa shape index (κ3) is 2.64. The summed E-state index contributed by atoms with van der Waals surface area (Å²) in [6.07, 6.45) is 0. The minimum Gasteiger partial charge on any atom is -0.399 e. The Balaban J connectivity index is 2.17. The second kappa shape index (κ2) is 5.46. The Hall–Kier alpha value is -1.92. The van der Waals surface area contributed by atoms with Crippen molar-refractivity contribution in [2.45, 2.75) is 6.92 Å². The van der Waals surface area contributed by atoms with Gasteiger partial charge in [0.25, 0.3) is 0 Å². The monoisotopic (exact) mass is 363 g/mol. The standard InChI is InChI=1S/C14H11BrClN5/c1-8-2-5-13(11(15)6-8)21-14(18-19-20-21)10-4-3-9(17)7-12(10)16/h2-7H,17H2,1H3. The maximum Gasteiger partial charge on any atom is 0.188 e. The third-order valence-corrected chi connectivity index (χ3v) is 3.98. The highest BCUT2D eigenvalue weighted by Crippen LogP contribution is 2.31. The number of nitrogens with zero attached hydrogens (tertiary/aromatic N) is 4. The van der Waals surface area contributed by atoms with Gasteiger partial charge in [-0.1, -0.05) is 17.7 Å². The van der Waals surface area contributed by atoms with Crippen LogP contribution in [-0.2, 0) is 0 Å². The van der Waals surface area contributed by atoms with E-state index in [1.165, 1.54) is 0 Å². The van der Waals surface area contributed by atoms with Crippen LogP contribution in [0.5, 0.6) is 0 Å². The SMILES string of the molecule is Cc1ccc(-n2nnnc2-c2ccc(N)cc2Cl)c(Br)c1. The Kier molecular flexibility index (Phi) is 3.65. The average molecular weight is 365 g/mol. The molecule has 0 radical (unpaired) electrons. The summed E-state index contributed by atoms with van der Waals surface area (Å²) >= 11 is 9.78. The summed E-state index contributed by atoms with van der Waals surface area (Å²) in [6, 6.07) is 11.2. The molecule has 0 bridgehead atoms. The van der Waals surface area contributed by atoms with Crippen LogP contribution in [0, 0.1) is 6.92 Å². The van der Waals surface area contributed by atoms with E-state index in [0.717, 1.165) is 21.3 Å².